The van der Waals surface area contributed by atoms with Gasteiger partial charge in [0.05, 0.1) is 10.7 Å². The van der Waals surface area contributed by atoms with Gasteiger partial charge >= 0.3 is 6.09 Å². The smallest absolute Gasteiger partial charge is 0.412 e. The monoisotopic (exact) mass is 386 g/mol. The van der Waals surface area contributed by atoms with Crippen molar-refractivity contribution in [3.05, 3.63) is 70.6 Å². The number of rotatable bonds is 3. The van der Waals surface area contributed by atoms with Crippen molar-refractivity contribution in [2.24, 2.45) is 5.92 Å². The number of fused-ring (bicyclic) bond motifs is 3. The van der Waals surface area contributed by atoms with Crippen molar-refractivity contribution in [3.63, 3.8) is 0 Å². The zero-order valence-corrected chi connectivity index (χ0v) is 15.5. The average Bonchev–Trinajstić information content (AvgIpc) is 2.67. The summed E-state index contributed by atoms with van der Waals surface area (Å²) in [6.45, 7) is 1.76. The minimum Gasteiger partial charge on any atom is -0.439 e. The van der Waals surface area contributed by atoms with E-state index in [0.717, 1.165) is 31.6 Å². The molecule has 0 unspecified atom stereocenters. The molecule has 27 heavy (non-hydrogen) atoms. The molecule has 1 amide bonds. The quantitative estimate of drug-likeness (QED) is 0.791. The summed E-state index contributed by atoms with van der Waals surface area (Å²) in [6.07, 6.45) is 2.71. The molecule has 3 saturated heterocycles. The fourth-order valence-corrected chi connectivity index (χ4v) is 4.01. The number of nitrogens with zero attached hydrogens (tertiary/aromatic N) is 1. The van der Waals surface area contributed by atoms with E-state index in [-0.39, 0.29) is 11.7 Å². The number of anilines is 1. The molecule has 0 aliphatic carbocycles. The zero-order valence-electron chi connectivity index (χ0n) is 14.7. The van der Waals surface area contributed by atoms with Crippen LogP contribution in [0, 0.1) is 11.7 Å². The van der Waals surface area contributed by atoms with Crippen molar-refractivity contribution in [2.45, 2.75) is 18.9 Å². The van der Waals surface area contributed by atoms with E-state index >= 15 is 0 Å². The van der Waals surface area contributed by atoms with Crippen LogP contribution in [0.5, 0.6) is 0 Å². The highest BCUT2D eigenvalue weighted by atomic mass is 35.5. The van der Waals surface area contributed by atoms with Gasteiger partial charge in [-0.15, -0.1) is 0 Å². The van der Waals surface area contributed by atoms with E-state index in [2.05, 4.69) is 10.2 Å². The third kappa shape index (κ3) is 3.78. The van der Waals surface area contributed by atoms with E-state index in [1.807, 2.05) is 18.2 Å². The molecule has 2 aromatic carbocycles. The van der Waals surface area contributed by atoms with Crippen LogP contribution in [0.25, 0.3) is 6.08 Å². The molecule has 3 fully saturated rings. The molecular weight excluding hydrogens is 367 g/mol. The van der Waals surface area contributed by atoms with Crippen LogP contribution < -0.4 is 5.32 Å². The number of piperidine rings is 3. The van der Waals surface area contributed by atoms with Crippen molar-refractivity contribution < 1.29 is 13.9 Å². The van der Waals surface area contributed by atoms with Crippen molar-refractivity contribution in [2.75, 3.05) is 18.4 Å². The van der Waals surface area contributed by atoms with E-state index in [1.54, 1.807) is 30.3 Å². The minimum atomic E-state index is -0.509. The summed E-state index contributed by atoms with van der Waals surface area (Å²) in [5, 5.41) is 3.09. The van der Waals surface area contributed by atoms with Gasteiger partial charge < -0.3 is 9.64 Å². The first kappa shape index (κ1) is 17.9. The molecule has 5 rings (SSSR count). The van der Waals surface area contributed by atoms with Gasteiger partial charge in [0.25, 0.3) is 0 Å². The fourth-order valence-electron chi connectivity index (χ4n) is 3.79. The lowest BCUT2D eigenvalue weighted by atomic mass is 9.82. The highest BCUT2D eigenvalue weighted by Crippen LogP contribution is 2.38. The van der Waals surface area contributed by atoms with Crippen LogP contribution in [-0.4, -0.2) is 30.2 Å². The van der Waals surface area contributed by atoms with Crippen LogP contribution in [-0.2, 0) is 4.74 Å². The van der Waals surface area contributed by atoms with Gasteiger partial charge in [-0.3, -0.25) is 5.32 Å². The molecule has 2 aromatic rings. The third-order valence-corrected chi connectivity index (χ3v) is 5.50. The van der Waals surface area contributed by atoms with Gasteiger partial charge in [0.1, 0.15) is 11.9 Å². The molecule has 3 aliphatic heterocycles. The Morgan fingerprint density at radius 1 is 1.15 bits per heavy atom. The van der Waals surface area contributed by atoms with E-state index in [1.165, 1.54) is 6.07 Å². The molecule has 0 spiro atoms. The lowest BCUT2D eigenvalue weighted by molar-refractivity contribution is 0.0103. The number of carbonyl (C=O) groups excluding carboxylic acids is 1. The fraction of sp³-hybridized carbons (Fsp3) is 0.286. The molecule has 4 nitrogen and oxygen atoms in total. The highest BCUT2D eigenvalue weighted by Gasteiger charge is 2.40. The van der Waals surface area contributed by atoms with E-state index in [0.29, 0.717) is 16.3 Å². The van der Waals surface area contributed by atoms with Crippen LogP contribution in [0.3, 0.4) is 0 Å². The Morgan fingerprint density at radius 2 is 1.89 bits per heavy atom. The normalized spacial score (nSPS) is 22.7. The number of ether oxygens (including phenoxy) is 1. The molecule has 0 saturated carbocycles. The summed E-state index contributed by atoms with van der Waals surface area (Å²) in [7, 11) is 0. The van der Waals surface area contributed by atoms with Crippen LogP contribution in [0.4, 0.5) is 14.9 Å². The third-order valence-electron chi connectivity index (χ3n) is 5.17. The summed E-state index contributed by atoms with van der Waals surface area (Å²) in [5.41, 5.74) is 1.82. The number of carbonyl (C=O) groups is 1. The van der Waals surface area contributed by atoms with Crippen molar-refractivity contribution in [1.82, 2.24) is 4.90 Å². The largest absolute Gasteiger partial charge is 0.439 e. The Hall–Kier alpha value is -2.53. The number of hydrogen-bond acceptors (Lipinski definition) is 3. The molecular formula is C21H20ClFN2O2. The maximum Gasteiger partial charge on any atom is 0.412 e. The van der Waals surface area contributed by atoms with Crippen molar-refractivity contribution in [3.8, 4) is 0 Å². The minimum absolute atomic E-state index is 0.230. The number of nitrogens with one attached hydrogen (secondary N) is 1. The Kier molecular flexibility index (Phi) is 5.03. The van der Waals surface area contributed by atoms with Gasteiger partial charge in [-0.1, -0.05) is 35.9 Å². The highest BCUT2D eigenvalue weighted by molar-refractivity contribution is 6.32. The average molecular weight is 387 g/mol. The predicted octanol–water partition coefficient (Wildman–Crippen LogP) is 5.16. The first-order valence-corrected chi connectivity index (χ1v) is 9.43. The van der Waals surface area contributed by atoms with E-state index in [9.17, 15) is 9.18 Å². The summed E-state index contributed by atoms with van der Waals surface area (Å²) in [5.74, 6) is -0.154. The Balaban J connectivity index is 1.59. The number of para-hydroxylation sites is 1. The second-order valence-electron chi connectivity index (χ2n) is 6.85. The first-order chi connectivity index (χ1) is 13.1. The summed E-state index contributed by atoms with van der Waals surface area (Å²) >= 11 is 6.19. The maximum atomic E-state index is 14.3. The molecule has 1 N–H and O–H groups in total. The molecule has 3 heterocycles. The zero-order chi connectivity index (χ0) is 18.8. The van der Waals surface area contributed by atoms with Crippen LogP contribution in [0.2, 0.25) is 5.02 Å². The van der Waals surface area contributed by atoms with Crippen LogP contribution in [0.1, 0.15) is 18.4 Å². The number of halogens is 2. The van der Waals surface area contributed by atoms with Crippen molar-refractivity contribution >= 4 is 29.5 Å². The van der Waals surface area contributed by atoms with Gasteiger partial charge in [-0.25, -0.2) is 9.18 Å². The lowest BCUT2D eigenvalue weighted by Gasteiger charge is -2.47. The second kappa shape index (κ2) is 7.61. The Bertz CT molecular complexity index is 843. The van der Waals surface area contributed by atoms with Gasteiger partial charge in [0.2, 0.25) is 0 Å². The molecule has 3 aliphatic rings. The van der Waals surface area contributed by atoms with Crippen LogP contribution >= 0.6 is 11.6 Å². The predicted molar refractivity (Wildman–Crippen MR) is 104 cm³/mol. The second-order valence-corrected chi connectivity index (χ2v) is 7.25. The molecule has 6 heteroatoms. The van der Waals surface area contributed by atoms with Crippen molar-refractivity contribution in [1.29, 1.82) is 0 Å². The Labute approximate surface area is 162 Å². The topological polar surface area (TPSA) is 41.6 Å². The van der Waals surface area contributed by atoms with Gasteiger partial charge in [0, 0.05) is 30.3 Å². The van der Waals surface area contributed by atoms with Gasteiger partial charge in [0.15, 0.2) is 0 Å². The summed E-state index contributed by atoms with van der Waals surface area (Å²) in [4.78, 5) is 14.6. The molecule has 140 valence electrons. The van der Waals surface area contributed by atoms with Gasteiger partial charge in [-0.05, 0) is 43.2 Å². The lowest BCUT2D eigenvalue weighted by Crippen LogP contribution is -2.50. The molecule has 0 radical (unpaired) electrons. The molecule has 2 bridgehead atoms. The van der Waals surface area contributed by atoms with Gasteiger partial charge in [-0.2, -0.15) is 0 Å². The molecule has 0 aromatic heterocycles. The number of hydrogen-bond donors (Lipinski definition) is 1. The molecule has 1 atom stereocenters. The standard InChI is InChI=1S/C21H20ClFN2O2/c22-17-7-4-8-18(23)16(17)13-19-20(14-9-11-25(19)12-10-14)27-21(26)24-15-5-2-1-3-6-15/h1-8,13-14,20H,9-12H2,(H,24,26)/t20-/m1/s1. The summed E-state index contributed by atoms with van der Waals surface area (Å²) < 4.78 is 20.0. The number of benzene rings is 2. The number of amides is 1. The van der Waals surface area contributed by atoms with E-state index in [4.69, 9.17) is 16.3 Å². The maximum absolute atomic E-state index is 14.3. The van der Waals surface area contributed by atoms with Crippen LogP contribution in [0.15, 0.2) is 54.2 Å². The summed E-state index contributed by atoms with van der Waals surface area (Å²) in [6, 6.07) is 13.8. The first-order valence-electron chi connectivity index (χ1n) is 9.05. The van der Waals surface area contributed by atoms with E-state index < -0.39 is 12.2 Å². The Morgan fingerprint density at radius 3 is 2.59 bits per heavy atom. The SMILES string of the molecule is O=C(Nc1ccccc1)O[C@H]1C(=Cc2c(F)cccc2Cl)N2CCC1CC2.